The van der Waals surface area contributed by atoms with Crippen molar-refractivity contribution < 1.29 is 4.79 Å². The molecule has 9 heteroatoms. The average Bonchev–Trinajstić information content (AvgIpc) is 2.39. The van der Waals surface area contributed by atoms with Gasteiger partial charge >= 0.3 is 6.03 Å². The summed E-state index contributed by atoms with van der Waals surface area (Å²) in [6.45, 7) is 1.34. The Morgan fingerprint density at radius 1 is 1.19 bits per heavy atom. The summed E-state index contributed by atoms with van der Waals surface area (Å²) < 4.78 is 0. The fourth-order valence-corrected chi connectivity index (χ4v) is 1.70. The minimum atomic E-state index is -0.263. The maximum absolute atomic E-state index is 11.5. The third kappa shape index (κ3) is 8.49. The molecule has 6 N–H and O–H groups in total. The Morgan fingerprint density at radius 2 is 1.90 bits per heavy atom. The molecule has 1 rings (SSSR count). The van der Waals surface area contributed by atoms with Crippen molar-refractivity contribution in [2.75, 3.05) is 13.1 Å². The predicted octanol–water partition coefficient (Wildman–Crippen LogP) is 1.88. The van der Waals surface area contributed by atoms with Crippen molar-refractivity contribution in [1.29, 1.82) is 0 Å². The van der Waals surface area contributed by atoms with E-state index in [1.165, 1.54) is 0 Å². The van der Waals surface area contributed by atoms with Gasteiger partial charge in [-0.15, -0.1) is 12.4 Å². The third-order valence-electron chi connectivity index (χ3n) is 2.35. The zero-order chi connectivity index (χ0) is 15.0. The van der Waals surface area contributed by atoms with Gasteiger partial charge in [-0.2, -0.15) is 0 Å². The number of guanidine groups is 1. The van der Waals surface area contributed by atoms with Gasteiger partial charge in [-0.1, -0.05) is 29.3 Å². The van der Waals surface area contributed by atoms with Crippen molar-refractivity contribution in [3.8, 4) is 0 Å². The van der Waals surface area contributed by atoms with Gasteiger partial charge in [0.1, 0.15) is 0 Å². The lowest BCUT2D eigenvalue weighted by Gasteiger charge is -2.07. The number of urea groups is 1. The Morgan fingerprint density at radius 3 is 2.52 bits per heavy atom. The van der Waals surface area contributed by atoms with Crippen LogP contribution in [-0.4, -0.2) is 25.1 Å². The van der Waals surface area contributed by atoms with E-state index < -0.39 is 0 Å². The summed E-state index contributed by atoms with van der Waals surface area (Å²) in [5.74, 6) is 0.0501. The van der Waals surface area contributed by atoms with Crippen LogP contribution in [0.2, 0.25) is 10.0 Å². The normalized spacial score (nSPS) is 9.43. The summed E-state index contributed by atoms with van der Waals surface area (Å²) in [6.07, 6.45) is 0.665. The molecule has 0 aliphatic heterocycles. The molecule has 0 atom stereocenters. The second-order valence-corrected chi connectivity index (χ2v) is 4.83. The van der Waals surface area contributed by atoms with Crippen molar-refractivity contribution in [2.24, 2.45) is 16.5 Å². The number of rotatable bonds is 6. The van der Waals surface area contributed by atoms with Gasteiger partial charge in [0.25, 0.3) is 0 Å². The van der Waals surface area contributed by atoms with Crippen molar-refractivity contribution in [1.82, 2.24) is 10.6 Å². The number of hydrogen-bond donors (Lipinski definition) is 4. The van der Waals surface area contributed by atoms with E-state index >= 15 is 0 Å². The van der Waals surface area contributed by atoms with E-state index in [0.29, 0.717) is 36.1 Å². The fourth-order valence-electron chi connectivity index (χ4n) is 1.38. The highest BCUT2D eigenvalue weighted by atomic mass is 35.5. The van der Waals surface area contributed by atoms with Gasteiger partial charge in [-0.25, -0.2) is 4.79 Å². The monoisotopic (exact) mass is 353 g/mol. The number of carbonyl (C=O) groups excluding carboxylic acids is 1. The molecule has 6 nitrogen and oxygen atoms in total. The highest BCUT2D eigenvalue weighted by molar-refractivity contribution is 6.42. The summed E-state index contributed by atoms with van der Waals surface area (Å²) in [4.78, 5) is 15.3. The molecule has 0 heterocycles. The van der Waals surface area contributed by atoms with Gasteiger partial charge in [-0.3, -0.25) is 4.99 Å². The summed E-state index contributed by atoms with van der Waals surface area (Å²) in [6, 6.07) is 4.94. The predicted molar refractivity (Wildman–Crippen MR) is 89.2 cm³/mol. The Labute approximate surface area is 139 Å². The molecule has 21 heavy (non-hydrogen) atoms. The lowest BCUT2D eigenvalue weighted by molar-refractivity contribution is 0.240. The quantitative estimate of drug-likeness (QED) is 0.356. The molecular formula is C12H18Cl3N5O. The Kier molecular flexibility index (Phi) is 9.69. The molecule has 0 aliphatic rings. The maximum atomic E-state index is 11.5. The molecule has 118 valence electrons. The van der Waals surface area contributed by atoms with E-state index in [1.54, 1.807) is 18.2 Å². The van der Waals surface area contributed by atoms with Crippen molar-refractivity contribution in [2.45, 2.75) is 13.0 Å². The van der Waals surface area contributed by atoms with Gasteiger partial charge in [0.15, 0.2) is 5.96 Å². The van der Waals surface area contributed by atoms with Crippen LogP contribution in [0, 0.1) is 0 Å². The molecule has 0 saturated carbocycles. The van der Waals surface area contributed by atoms with E-state index in [4.69, 9.17) is 34.7 Å². The number of benzene rings is 1. The van der Waals surface area contributed by atoms with Crippen LogP contribution in [0.1, 0.15) is 12.0 Å². The molecule has 0 fully saturated rings. The van der Waals surface area contributed by atoms with Gasteiger partial charge < -0.3 is 22.1 Å². The molecule has 1 aromatic rings. The molecule has 2 amide bonds. The fraction of sp³-hybridized carbons (Fsp3) is 0.333. The number of hydrogen-bond acceptors (Lipinski definition) is 2. The summed E-state index contributed by atoms with van der Waals surface area (Å²) in [5.41, 5.74) is 11.2. The third-order valence-corrected chi connectivity index (χ3v) is 3.09. The number of nitrogens with one attached hydrogen (secondary N) is 2. The first-order valence-corrected chi connectivity index (χ1v) is 6.75. The first-order chi connectivity index (χ1) is 9.49. The zero-order valence-electron chi connectivity index (χ0n) is 11.2. The Bertz CT molecular complexity index is 492. The summed E-state index contributed by atoms with van der Waals surface area (Å²) in [5, 5.41) is 6.35. The second-order valence-electron chi connectivity index (χ2n) is 4.02. The summed E-state index contributed by atoms with van der Waals surface area (Å²) in [7, 11) is 0. The molecule has 0 saturated heterocycles. The number of carbonyl (C=O) groups is 1. The van der Waals surface area contributed by atoms with Gasteiger partial charge in [0, 0.05) is 19.6 Å². The zero-order valence-corrected chi connectivity index (χ0v) is 13.6. The molecule has 0 spiro atoms. The minimum Gasteiger partial charge on any atom is -0.370 e. The topological polar surface area (TPSA) is 106 Å². The highest BCUT2D eigenvalue weighted by Gasteiger charge is 2.02. The van der Waals surface area contributed by atoms with E-state index in [0.717, 1.165) is 5.56 Å². The van der Waals surface area contributed by atoms with E-state index in [9.17, 15) is 4.79 Å². The van der Waals surface area contributed by atoms with Crippen LogP contribution in [0.15, 0.2) is 23.2 Å². The molecule has 0 aliphatic carbocycles. The number of aliphatic imine (C=N–C) groups is 1. The van der Waals surface area contributed by atoms with E-state index in [2.05, 4.69) is 15.6 Å². The molecule has 0 radical (unpaired) electrons. The number of halogens is 3. The van der Waals surface area contributed by atoms with Gasteiger partial charge in [0.2, 0.25) is 0 Å². The molecule has 0 unspecified atom stereocenters. The van der Waals surface area contributed by atoms with E-state index in [-0.39, 0.29) is 24.4 Å². The Balaban J connectivity index is 0.00000400. The number of nitrogens with two attached hydrogens (primary N) is 2. The highest BCUT2D eigenvalue weighted by Crippen LogP contribution is 2.22. The summed E-state index contributed by atoms with van der Waals surface area (Å²) >= 11 is 11.7. The minimum absolute atomic E-state index is 0. The largest absolute Gasteiger partial charge is 0.370 e. The maximum Gasteiger partial charge on any atom is 0.315 e. The van der Waals surface area contributed by atoms with Crippen LogP contribution >= 0.6 is 35.6 Å². The molecule has 0 aromatic heterocycles. The van der Waals surface area contributed by atoms with Crippen LogP contribution in [-0.2, 0) is 6.54 Å². The standard InChI is InChI=1S/C12H17Cl2N5O.ClH/c13-9-3-2-8(6-10(9)14)7-19-12(20)18-5-1-4-17-11(15)16;/h2-3,6H,1,4-5,7H2,(H4,15,16,17)(H2,18,19,20);1H. The molecule has 1 aromatic carbocycles. The van der Waals surface area contributed by atoms with Crippen LogP contribution in [0.3, 0.4) is 0 Å². The Hall–Kier alpha value is -1.37. The SMILES string of the molecule is Cl.NC(N)=NCCCNC(=O)NCc1ccc(Cl)c(Cl)c1. The second kappa shape index (κ2) is 10.4. The van der Waals surface area contributed by atoms with Crippen LogP contribution in [0.4, 0.5) is 4.79 Å². The molecular weight excluding hydrogens is 337 g/mol. The average molecular weight is 355 g/mol. The lowest BCUT2D eigenvalue weighted by atomic mass is 10.2. The van der Waals surface area contributed by atoms with E-state index in [1.807, 2.05) is 0 Å². The van der Waals surface area contributed by atoms with Crippen molar-refractivity contribution in [3.63, 3.8) is 0 Å². The van der Waals surface area contributed by atoms with Crippen LogP contribution in [0.5, 0.6) is 0 Å². The van der Waals surface area contributed by atoms with Crippen LogP contribution < -0.4 is 22.1 Å². The van der Waals surface area contributed by atoms with Crippen molar-refractivity contribution in [3.05, 3.63) is 33.8 Å². The van der Waals surface area contributed by atoms with Crippen molar-refractivity contribution >= 4 is 47.6 Å². The molecule has 0 bridgehead atoms. The number of amides is 2. The smallest absolute Gasteiger partial charge is 0.315 e. The first kappa shape index (κ1) is 19.6. The van der Waals surface area contributed by atoms with Crippen LogP contribution in [0.25, 0.3) is 0 Å². The first-order valence-electron chi connectivity index (χ1n) is 6.00. The van der Waals surface area contributed by atoms with Gasteiger partial charge in [0.05, 0.1) is 10.0 Å². The lowest BCUT2D eigenvalue weighted by Crippen LogP contribution is -2.35. The number of nitrogens with zero attached hydrogens (tertiary/aromatic N) is 1. The van der Waals surface area contributed by atoms with Gasteiger partial charge in [-0.05, 0) is 24.1 Å².